The van der Waals surface area contributed by atoms with Crippen molar-refractivity contribution in [3.05, 3.63) is 12.2 Å². The van der Waals surface area contributed by atoms with E-state index in [4.69, 9.17) is 23.7 Å². The number of hydrogen-bond acceptors (Lipinski definition) is 6. The summed E-state index contributed by atoms with van der Waals surface area (Å²) in [5.41, 5.74) is -0.279. The first-order valence-corrected chi connectivity index (χ1v) is 15.6. The first-order valence-electron chi connectivity index (χ1n) is 15.6. The van der Waals surface area contributed by atoms with Crippen molar-refractivity contribution in [1.82, 2.24) is 0 Å². The fourth-order valence-corrected chi connectivity index (χ4v) is 8.66. The van der Waals surface area contributed by atoms with Crippen LogP contribution < -0.4 is 0 Å². The maximum Gasteiger partial charge on any atom is 0.333 e. The molecular weight excluding hydrogens is 480 g/mol. The van der Waals surface area contributed by atoms with E-state index in [0.29, 0.717) is 11.5 Å². The Morgan fingerprint density at radius 1 is 0.789 bits per heavy atom. The summed E-state index contributed by atoms with van der Waals surface area (Å²) in [6.07, 6.45) is 16.7. The number of esters is 1. The van der Waals surface area contributed by atoms with Gasteiger partial charge in [-0.15, -0.1) is 0 Å². The van der Waals surface area contributed by atoms with Gasteiger partial charge >= 0.3 is 5.97 Å². The summed E-state index contributed by atoms with van der Waals surface area (Å²) in [6, 6.07) is 0. The lowest BCUT2D eigenvalue weighted by atomic mass is 9.50. The van der Waals surface area contributed by atoms with Gasteiger partial charge in [-0.25, -0.2) is 4.79 Å². The largest absolute Gasteiger partial charge is 0.455 e. The lowest BCUT2D eigenvalue weighted by Crippen LogP contribution is -2.68. The summed E-state index contributed by atoms with van der Waals surface area (Å²) in [5, 5.41) is 0. The van der Waals surface area contributed by atoms with E-state index >= 15 is 0 Å². The number of hydrogen-bond donors (Lipinski definition) is 0. The van der Waals surface area contributed by atoms with Gasteiger partial charge in [0.2, 0.25) is 0 Å². The third kappa shape index (κ3) is 5.89. The topological polar surface area (TPSA) is 63.2 Å². The maximum atomic E-state index is 12.7. The van der Waals surface area contributed by atoms with E-state index in [1.54, 1.807) is 6.92 Å². The Labute approximate surface area is 230 Å². The highest BCUT2D eigenvalue weighted by atomic mass is 16.6. The van der Waals surface area contributed by atoms with Crippen LogP contribution >= 0.6 is 0 Å². The van der Waals surface area contributed by atoms with E-state index < -0.39 is 5.60 Å². The van der Waals surface area contributed by atoms with Gasteiger partial charge in [0, 0.05) is 38.0 Å². The molecule has 0 aromatic carbocycles. The first-order chi connectivity index (χ1) is 18.2. The van der Waals surface area contributed by atoms with Gasteiger partial charge < -0.3 is 23.7 Å². The second-order valence-electron chi connectivity index (χ2n) is 13.6. The Morgan fingerprint density at radius 2 is 1.24 bits per heavy atom. The minimum atomic E-state index is -0.493. The molecule has 6 fully saturated rings. The SMILES string of the molecule is C=C(C)C(=O)OC12CC3CC(OCCCCC4(CC)CCO4)(CC(OCCCCC4(CC)CCO4)(C3)C1)C2. The van der Waals surface area contributed by atoms with Crippen LogP contribution in [0.4, 0.5) is 0 Å². The molecule has 4 atom stereocenters. The van der Waals surface area contributed by atoms with Gasteiger partial charge in [0.25, 0.3) is 0 Å². The minimum Gasteiger partial charge on any atom is -0.455 e. The highest BCUT2D eigenvalue weighted by molar-refractivity contribution is 5.87. The Balaban J connectivity index is 1.19. The zero-order valence-electron chi connectivity index (χ0n) is 24.4. The van der Waals surface area contributed by atoms with Crippen LogP contribution in [0.5, 0.6) is 0 Å². The monoisotopic (exact) mass is 532 g/mol. The summed E-state index contributed by atoms with van der Waals surface area (Å²) >= 11 is 0. The van der Waals surface area contributed by atoms with Crippen molar-refractivity contribution in [2.24, 2.45) is 5.92 Å². The van der Waals surface area contributed by atoms with Crippen LogP contribution in [0.1, 0.15) is 124 Å². The zero-order valence-corrected chi connectivity index (χ0v) is 24.4. The van der Waals surface area contributed by atoms with Gasteiger partial charge in [0.1, 0.15) is 5.60 Å². The summed E-state index contributed by atoms with van der Waals surface area (Å²) in [7, 11) is 0. The molecule has 2 saturated heterocycles. The fourth-order valence-electron chi connectivity index (χ4n) is 8.66. The van der Waals surface area contributed by atoms with Crippen LogP contribution in [0.3, 0.4) is 0 Å². The molecule has 6 rings (SSSR count). The number of ether oxygens (including phenoxy) is 5. The summed E-state index contributed by atoms with van der Waals surface area (Å²) in [6.45, 7) is 13.4. The van der Waals surface area contributed by atoms with Gasteiger partial charge in [-0.05, 0) is 96.3 Å². The highest BCUT2D eigenvalue weighted by Gasteiger charge is 2.66. The van der Waals surface area contributed by atoms with Gasteiger partial charge in [0.15, 0.2) is 0 Å². The van der Waals surface area contributed by atoms with Gasteiger partial charge in [-0.3, -0.25) is 0 Å². The molecule has 2 heterocycles. The van der Waals surface area contributed by atoms with E-state index in [1.807, 2.05) is 0 Å². The Hall–Kier alpha value is -0.950. The molecule has 6 nitrogen and oxygen atoms in total. The number of rotatable bonds is 16. The number of unbranched alkanes of at least 4 members (excludes halogenated alkanes) is 2. The number of carbonyl (C=O) groups excluding carboxylic acids is 1. The smallest absolute Gasteiger partial charge is 0.333 e. The van der Waals surface area contributed by atoms with Crippen LogP contribution in [-0.4, -0.2) is 60.4 Å². The lowest BCUT2D eigenvalue weighted by Gasteiger charge is -2.64. The Kier molecular flexibility index (Phi) is 8.38. The fraction of sp³-hybridized carbons (Fsp3) is 0.906. The van der Waals surface area contributed by atoms with Crippen molar-refractivity contribution in [2.45, 2.75) is 152 Å². The normalized spacial score (nSPS) is 41.0. The average Bonchev–Trinajstić information content (AvgIpc) is 2.80. The third-order valence-electron chi connectivity index (χ3n) is 10.7. The quantitative estimate of drug-likeness (QED) is 0.123. The minimum absolute atomic E-state index is 0.126. The van der Waals surface area contributed by atoms with Crippen molar-refractivity contribution in [1.29, 1.82) is 0 Å². The van der Waals surface area contributed by atoms with Crippen molar-refractivity contribution < 1.29 is 28.5 Å². The second-order valence-corrected chi connectivity index (χ2v) is 13.6. The molecule has 6 aliphatic rings. The zero-order chi connectivity index (χ0) is 26.9. The molecule has 0 aromatic heterocycles. The van der Waals surface area contributed by atoms with E-state index in [9.17, 15) is 4.79 Å². The lowest BCUT2D eigenvalue weighted by molar-refractivity contribution is -0.284. The Morgan fingerprint density at radius 3 is 1.63 bits per heavy atom. The average molecular weight is 533 g/mol. The van der Waals surface area contributed by atoms with Crippen molar-refractivity contribution in [2.75, 3.05) is 26.4 Å². The molecule has 0 N–H and O–H groups in total. The molecule has 38 heavy (non-hydrogen) atoms. The first kappa shape index (κ1) is 28.6. The molecule has 4 unspecified atom stereocenters. The molecule has 2 aliphatic heterocycles. The van der Waals surface area contributed by atoms with Gasteiger partial charge in [-0.2, -0.15) is 0 Å². The van der Waals surface area contributed by atoms with E-state index in [-0.39, 0.29) is 28.4 Å². The summed E-state index contributed by atoms with van der Waals surface area (Å²) in [4.78, 5) is 12.7. The predicted molar refractivity (Wildman–Crippen MR) is 147 cm³/mol. The number of carbonyl (C=O) groups is 1. The molecule has 216 valence electrons. The van der Waals surface area contributed by atoms with Crippen LogP contribution in [0.15, 0.2) is 12.2 Å². The van der Waals surface area contributed by atoms with E-state index in [2.05, 4.69) is 20.4 Å². The molecule has 0 radical (unpaired) electrons. The van der Waals surface area contributed by atoms with Crippen molar-refractivity contribution in [3.63, 3.8) is 0 Å². The molecule has 0 spiro atoms. The molecule has 6 heteroatoms. The maximum absolute atomic E-state index is 12.7. The van der Waals surface area contributed by atoms with Gasteiger partial charge in [-0.1, -0.05) is 20.4 Å². The third-order valence-corrected chi connectivity index (χ3v) is 10.7. The van der Waals surface area contributed by atoms with Crippen molar-refractivity contribution >= 4 is 5.97 Å². The molecule has 4 aliphatic carbocycles. The summed E-state index contributed by atoms with van der Waals surface area (Å²) < 4.78 is 31.6. The second kappa shape index (κ2) is 11.1. The van der Waals surface area contributed by atoms with Crippen LogP contribution in [0, 0.1) is 5.92 Å². The molecule has 0 aromatic rings. The van der Waals surface area contributed by atoms with Crippen molar-refractivity contribution in [3.8, 4) is 0 Å². The van der Waals surface area contributed by atoms with Crippen LogP contribution in [-0.2, 0) is 28.5 Å². The standard InChI is InChI=1S/C32H52O6/c1-5-28(13-17-36-28)11-7-9-15-34-30-19-26-20-31(22-30,24-32(21-26,23-30)38-27(33)25(3)4)35-16-10-8-12-29(6-2)14-18-37-29/h26H,3,5-24H2,1-2,4H3. The molecular formula is C32H52O6. The molecule has 0 amide bonds. The highest BCUT2D eigenvalue weighted by Crippen LogP contribution is 2.63. The summed E-state index contributed by atoms with van der Waals surface area (Å²) in [5.74, 6) is 0.204. The van der Waals surface area contributed by atoms with E-state index in [0.717, 1.165) is 116 Å². The van der Waals surface area contributed by atoms with Crippen LogP contribution in [0.25, 0.3) is 0 Å². The van der Waals surface area contributed by atoms with Crippen LogP contribution in [0.2, 0.25) is 0 Å². The molecule has 4 bridgehead atoms. The van der Waals surface area contributed by atoms with E-state index in [1.165, 1.54) is 12.8 Å². The molecule has 4 saturated carbocycles. The van der Waals surface area contributed by atoms with Gasteiger partial charge in [0.05, 0.1) is 35.6 Å². The Bertz CT molecular complexity index is 799. The predicted octanol–water partition coefficient (Wildman–Crippen LogP) is 6.83.